The summed E-state index contributed by atoms with van der Waals surface area (Å²) in [6.45, 7) is 2.24. The number of ketones is 1. The van der Waals surface area contributed by atoms with E-state index in [0.29, 0.717) is 28.8 Å². The van der Waals surface area contributed by atoms with Crippen LogP contribution in [0, 0.1) is 0 Å². The molecule has 4 aromatic rings. The first-order chi connectivity index (χ1) is 16.0. The minimum absolute atomic E-state index is 0.134. The number of carbonyl (C=O) groups excluding carboxylic acids is 2. The van der Waals surface area contributed by atoms with Crippen molar-refractivity contribution in [3.05, 3.63) is 82.8 Å². The van der Waals surface area contributed by atoms with Crippen molar-refractivity contribution in [2.75, 3.05) is 11.5 Å². The van der Waals surface area contributed by atoms with Gasteiger partial charge < -0.3 is 14.3 Å². The van der Waals surface area contributed by atoms with Gasteiger partial charge in [0.15, 0.2) is 5.13 Å². The summed E-state index contributed by atoms with van der Waals surface area (Å²) in [5.41, 5.74) is 0.747. The number of carbonyl (C=O) groups is 2. The van der Waals surface area contributed by atoms with Crippen molar-refractivity contribution < 1.29 is 23.8 Å². The van der Waals surface area contributed by atoms with E-state index >= 15 is 0 Å². The molecule has 1 amide bonds. The highest BCUT2D eigenvalue weighted by atomic mass is 35.5. The second kappa shape index (κ2) is 8.38. The highest BCUT2D eigenvalue weighted by Crippen LogP contribution is 2.45. The molecule has 2 aromatic carbocycles. The maximum atomic E-state index is 13.2. The van der Waals surface area contributed by atoms with Crippen molar-refractivity contribution in [1.29, 1.82) is 0 Å². The molecule has 1 saturated heterocycles. The van der Waals surface area contributed by atoms with E-state index in [1.807, 2.05) is 31.2 Å². The topological polar surface area (TPSA) is 92.9 Å². The second-order valence-electron chi connectivity index (χ2n) is 7.22. The number of benzene rings is 2. The lowest BCUT2D eigenvalue weighted by atomic mass is 9.99. The van der Waals surface area contributed by atoms with E-state index in [0.717, 1.165) is 4.70 Å². The van der Waals surface area contributed by atoms with Gasteiger partial charge in [0.25, 0.3) is 5.78 Å². The zero-order valence-corrected chi connectivity index (χ0v) is 18.9. The first-order valence-corrected chi connectivity index (χ1v) is 11.3. The molecule has 2 aromatic heterocycles. The van der Waals surface area contributed by atoms with E-state index in [4.69, 9.17) is 20.8 Å². The number of aliphatic hydroxyl groups is 1. The molecule has 0 spiro atoms. The average molecular weight is 481 g/mol. The molecule has 7 nitrogen and oxygen atoms in total. The van der Waals surface area contributed by atoms with Crippen LogP contribution in [-0.2, 0) is 9.59 Å². The predicted octanol–water partition coefficient (Wildman–Crippen LogP) is 5.57. The van der Waals surface area contributed by atoms with Crippen molar-refractivity contribution in [1.82, 2.24) is 4.98 Å². The standard InChI is InChI=1S/C24H17ClN2O5S/c1-2-31-13-9-10-15(25)14(12-13)21(28)19-20(17-7-5-11-32-17)27(23(30)22(19)29)24-26-16-6-3-4-8-18(16)33-24/h3-12,20,28H,2H2,1H3/b21-19+. The summed E-state index contributed by atoms with van der Waals surface area (Å²) >= 11 is 7.61. The van der Waals surface area contributed by atoms with Gasteiger partial charge in [-0.3, -0.25) is 14.5 Å². The molecule has 3 heterocycles. The number of hydrogen-bond acceptors (Lipinski definition) is 7. The molecule has 0 aliphatic carbocycles. The largest absolute Gasteiger partial charge is 0.507 e. The SMILES string of the molecule is CCOc1ccc(Cl)c(/C(O)=C2\C(=O)C(=O)N(c3nc4ccccc4s3)C2c2ccco2)c1. The molecule has 0 bridgehead atoms. The molecule has 1 aliphatic rings. The van der Waals surface area contributed by atoms with Crippen molar-refractivity contribution in [2.24, 2.45) is 0 Å². The highest BCUT2D eigenvalue weighted by Gasteiger charge is 2.49. The van der Waals surface area contributed by atoms with Crippen LogP contribution in [-0.4, -0.2) is 28.4 Å². The molecule has 1 atom stereocenters. The number of thiazole rings is 1. The minimum Gasteiger partial charge on any atom is -0.507 e. The van der Waals surface area contributed by atoms with Gasteiger partial charge >= 0.3 is 5.91 Å². The Morgan fingerprint density at radius 3 is 2.76 bits per heavy atom. The number of anilines is 1. The van der Waals surface area contributed by atoms with Gasteiger partial charge in [0.05, 0.1) is 33.7 Å². The molecule has 1 N–H and O–H groups in total. The van der Waals surface area contributed by atoms with Crippen LogP contribution in [0.5, 0.6) is 5.75 Å². The van der Waals surface area contributed by atoms with Crippen LogP contribution in [0.3, 0.4) is 0 Å². The number of para-hydroxylation sites is 1. The molecule has 33 heavy (non-hydrogen) atoms. The number of hydrogen-bond donors (Lipinski definition) is 1. The first-order valence-electron chi connectivity index (χ1n) is 10.1. The zero-order chi connectivity index (χ0) is 23.1. The molecule has 9 heteroatoms. The Balaban J connectivity index is 1.71. The summed E-state index contributed by atoms with van der Waals surface area (Å²) in [6.07, 6.45) is 1.44. The van der Waals surface area contributed by atoms with E-state index in [-0.39, 0.29) is 16.2 Å². The fourth-order valence-electron chi connectivity index (χ4n) is 3.80. The van der Waals surface area contributed by atoms with Crippen molar-refractivity contribution in [3.8, 4) is 5.75 Å². The third-order valence-corrected chi connectivity index (χ3v) is 6.62. The van der Waals surface area contributed by atoms with Gasteiger partial charge in [-0.05, 0) is 49.4 Å². The number of nitrogens with zero attached hydrogens (tertiary/aromatic N) is 2. The van der Waals surface area contributed by atoms with Crippen LogP contribution in [0.1, 0.15) is 24.3 Å². The fourth-order valence-corrected chi connectivity index (χ4v) is 5.00. The van der Waals surface area contributed by atoms with E-state index in [1.54, 1.807) is 24.3 Å². The van der Waals surface area contributed by atoms with Crippen molar-refractivity contribution in [2.45, 2.75) is 13.0 Å². The lowest BCUT2D eigenvalue weighted by molar-refractivity contribution is -0.132. The van der Waals surface area contributed by atoms with Crippen LogP contribution < -0.4 is 9.64 Å². The minimum atomic E-state index is -1.01. The Labute approximate surface area is 197 Å². The van der Waals surface area contributed by atoms with Gasteiger partial charge in [0.1, 0.15) is 23.3 Å². The number of aromatic nitrogens is 1. The predicted molar refractivity (Wildman–Crippen MR) is 126 cm³/mol. The van der Waals surface area contributed by atoms with Crippen molar-refractivity contribution in [3.63, 3.8) is 0 Å². The highest BCUT2D eigenvalue weighted by molar-refractivity contribution is 7.22. The smallest absolute Gasteiger partial charge is 0.302 e. The molecular weight excluding hydrogens is 464 g/mol. The maximum Gasteiger partial charge on any atom is 0.302 e. The zero-order valence-electron chi connectivity index (χ0n) is 17.3. The molecular formula is C24H17ClN2O5S. The monoisotopic (exact) mass is 480 g/mol. The normalized spacial score (nSPS) is 17.8. The summed E-state index contributed by atoms with van der Waals surface area (Å²) < 4.78 is 11.9. The third-order valence-electron chi connectivity index (χ3n) is 5.25. The number of Topliss-reactive ketones (excluding diaryl/α,β-unsaturated/α-hetero) is 1. The Morgan fingerprint density at radius 2 is 2.03 bits per heavy atom. The van der Waals surface area contributed by atoms with Crippen LogP contribution in [0.4, 0.5) is 5.13 Å². The number of rotatable bonds is 5. The third kappa shape index (κ3) is 3.57. The summed E-state index contributed by atoms with van der Waals surface area (Å²) in [7, 11) is 0. The molecule has 1 fully saturated rings. The lowest BCUT2D eigenvalue weighted by Gasteiger charge is -2.20. The average Bonchev–Trinajstić information content (AvgIpc) is 3.53. The van der Waals surface area contributed by atoms with Gasteiger partial charge in [-0.15, -0.1) is 0 Å². The Kier molecular flexibility index (Phi) is 5.39. The van der Waals surface area contributed by atoms with Gasteiger partial charge in [0.2, 0.25) is 0 Å². The molecule has 5 rings (SSSR count). The van der Waals surface area contributed by atoms with Crippen LogP contribution >= 0.6 is 22.9 Å². The number of amides is 1. The maximum absolute atomic E-state index is 13.2. The first kappa shape index (κ1) is 21.2. The summed E-state index contributed by atoms with van der Waals surface area (Å²) in [4.78, 5) is 32.2. The summed E-state index contributed by atoms with van der Waals surface area (Å²) in [5.74, 6) is -1.30. The van der Waals surface area contributed by atoms with Gasteiger partial charge in [-0.1, -0.05) is 35.1 Å². The van der Waals surface area contributed by atoms with Gasteiger partial charge in [-0.2, -0.15) is 0 Å². The van der Waals surface area contributed by atoms with Crippen molar-refractivity contribution >= 4 is 55.7 Å². The molecule has 0 radical (unpaired) electrons. The number of halogens is 1. The summed E-state index contributed by atoms with van der Waals surface area (Å²) in [5, 5.41) is 11.8. The second-order valence-corrected chi connectivity index (χ2v) is 8.64. The Hall–Kier alpha value is -3.62. The number of furan rings is 1. The summed E-state index contributed by atoms with van der Waals surface area (Å²) in [6, 6.07) is 14.5. The van der Waals surface area contributed by atoms with Crippen LogP contribution in [0.15, 0.2) is 70.9 Å². The van der Waals surface area contributed by atoms with Crippen LogP contribution in [0.2, 0.25) is 5.02 Å². The van der Waals surface area contributed by atoms with Gasteiger partial charge in [-0.25, -0.2) is 4.98 Å². The quantitative estimate of drug-likeness (QED) is 0.228. The van der Waals surface area contributed by atoms with E-state index in [1.165, 1.54) is 28.6 Å². The van der Waals surface area contributed by atoms with E-state index in [2.05, 4.69) is 4.98 Å². The van der Waals surface area contributed by atoms with Crippen LogP contribution in [0.25, 0.3) is 16.0 Å². The number of aliphatic hydroxyl groups excluding tert-OH is 1. The fraction of sp³-hybridized carbons (Fsp3) is 0.125. The van der Waals surface area contributed by atoms with E-state index in [9.17, 15) is 14.7 Å². The lowest BCUT2D eigenvalue weighted by Crippen LogP contribution is -2.29. The Bertz CT molecular complexity index is 1380. The Morgan fingerprint density at radius 1 is 1.21 bits per heavy atom. The molecule has 166 valence electrons. The van der Waals surface area contributed by atoms with Gasteiger partial charge in [0, 0.05) is 5.56 Å². The number of fused-ring (bicyclic) bond motifs is 1. The number of ether oxygens (including phenoxy) is 1. The van der Waals surface area contributed by atoms with E-state index < -0.39 is 23.5 Å². The molecule has 1 aliphatic heterocycles. The molecule has 0 saturated carbocycles. The molecule has 1 unspecified atom stereocenters.